The minimum Gasteiger partial charge on any atom is -0.490 e. The minimum atomic E-state index is -0.243. The molecule has 3 aromatic rings. The van der Waals surface area contributed by atoms with Gasteiger partial charge >= 0.3 is 0 Å². The van der Waals surface area contributed by atoms with Gasteiger partial charge in [-0.25, -0.2) is 5.43 Å². The van der Waals surface area contributed by atoms with Crippen molar-refractivity contribution >= 4 is 40.4 Å². The largest absolute Gasteiger partial charge is 0.490 e. The number of aryl methyl sites for hydroxylation is 1. The number of amides is 1. The van der Waals surface area contributed by atoms with Crippen molar-refractivity contribution < 1.29 is 14.3 Å². The first kappa shape index (κ1) is 25.0. The topological polar surface area (TPSA) is 63.2 Å². The summed E-state index contributed by atoms with van der Waals surface area (Å²) in [5, 5.41) is 4.16. The van der Waals surface area contributed by atoms with Gasteiger partial charge in [-0.2, -0.15) is 5.10 Å². The van der Waals surface area contributed by atoms with Gasteiger partial charge in [-0.1, -0.05) is 29.8 Å². The first-order valence-electron chi connectivity index (χ1n) is 11.9. The molecule has 1 aliphatic heterocycles. The van der Waals surface area contributed by atoms with E-state index in [4.69, 9.17) is 9.47 Å². The summed E-state index contributed by atoms with van der Waals surface area (Å²) in [6.45, 7) is 7.13. The van der Waals surface area contributed by atoms with Crippen LogP contribution < -0.4 is 19.8 Å². The summed E-state index contributed by atoms with van der Waals surface area (Å²) >= 11 is 2.24. The minimum absolute atomic E-state index is 0.243. The van der Waals surface area contributed by atoms with Crippen molar-refractivity contribution in [3.05, 3.63) is 86.5 Å². The van der Waals surface area contributed by atoms with E-state index in [9.17, 15) is 4.79 Å². The first-order valence-corrected chi connectivity index (χ1v) is 12.9. The summed E-state index contributed by atoms with van der Waals surface area (Å²) in [6, 6.07) is 19.7. The number of nitrogens with zero attached hydrogens (tertiary/aromatic N) is 2. The second-order valence-electron chi connectivity index (χ2n) is 8.48. The Hall–Kier alpha value is -3.07. The molecule has 0 spiro atoms. The third-order valence-corrected chi connectivity index (χ3v) is 6.58. The Balaban J connectivity index is 1.40. The molecule has 4 rings (SSSR count). The third kappa shape index (κ3) is 6.75. The molecule has 0 bridgehead atoms. The third-order valence-electron chi connectivity index (χ3n) is 5.78. The van der Waals surface area contributed by atoms with Gasteiger partial charge < -0.3 is 14.4 Å². The van der Waals surface area contributed by atoms with Crippen LogP contribution in [0.1, 0.15) is 46.8 Å². The molecule has 0 radical (unpaired) electrons. The van der Waals surface area contributed by atoms with Crippen molar-refractivity contribution in [2.24, 2.45) is 5.10 Å². The van der Waals surface area contributed by atoms with E-state index >= 15 is 0 Å². The molecule has 1 saturated heterocycles. The van der Waals surface area contributed by atoms with E-state index < -0.39 is 0 Å². The lowest BCUT2D eigenvalue weighted by Crippen LogP contribution is -2.19. The summed E-state index contributed by atoms with van der Waals surface area (Å²) in [7, 11) is 0. The SMILES string of the molecule is CCOc1cc(/C=N\NC(=O)c2ccc(N3CCCC3)cc2)cc(I)c1OCc1cccc(C)c1. The highest BCUT2D eigenvalue weighted by Gasteiger charge is 2.14. The summed E-state index contributed by atoms with van der Waals surface area (Å²) in [4.78, 5) is 14.9. The fourth-order valence-electron chi connectivity index (χ4n) is 4.05. The number of carbonyl (C=O) groups excluding carboxylic acids is 1. The number of anilines is 1. The molecule has 6 nitrogen and oxygen atoms in total. The monoisotopic (exact) mass is 583 g/mol. The number of rotatable bonds is 9. The predicted molar refractivity (Wildman–Crippen MR) is 149 cm³/mol. The van der Waals surface area contributed by atoms with Gasteiger partial charge in [0.1, 0.15) is 6.61 Å². The van der Waals surface area contributed by atoms with Crippen molar-refractivity contribution in [3.63, 3.8) is 0 Å². The molecule has 1 N–H and O–H groups in total. The molecule has 1 fully saturated rings. The van der Waals surface area contributed by atoms with Gasteiger partial charge in [0.25, 0.3) is 5.91 Å². The number of hydrogen-bond acceptors (Lipinski definition) is 5. The predicted octanol–water partition coefficient (Wildman–Crippen LogP) is 5.94. The number of halogens is 1. The number of carbonyl (C=O) groups is 1. The molecule has 0 saturated carbocycles. The maximum absolute atomic E-state index is 12.5. The van der Waals surface area contributed by atoms with Crippen LogP contribution in [0.3, 0.4) is 0 Å². The molecule has 7 heteroatoms. The molecular formula is C28H30IN3O3. The number of ether oxygens (including phenoxy) is 2. The zero-order chi connectivity index (χ0) is 24.6. The second-order valence-corrected chi connectivity index (χ2v) is 9.64. The van der Waals surface area contributed by atoms with Crippen LogP contribution in [0.15, 0.2) is 65.8 Å². The molecule has 0 aromatic heterocycles. The van der Waals surface area contributed by atoms with Gasteiger partial charge in [-0.05, 0) is 96.8 Å². The summed E-state index contributed by atoms with van der Waals surface area (Å²) in [6.07, 6.45) is 4.06. The first-order chi connectivity index (χ1) is 17.0. The van der Waals surface area contributed by atoms with Crippen LogP contribution in [0.2, 0.25) is 0 Å². The zero-order valence-electron chi connectivity index (χ0n) is 20.1. The van der Waals surface area contributed by atoms with Crippen molar-refractivity contribution in [1.82, 2.24) is 5.43 Å². The van der Waals surface area contributed by atoms with E-state index in [1.54, 1.807) is 6.21 Å². The van der Waals surface area contributed by atoms with Crippen LogP contribution >= 0.6 is 22.6 Å². The van der Waals surface area contributed by atoms with E-state index in [0.717, 1.165) is 33.5 Å². The van der Waals surface area contributed by atoms with Crippen LogP contribution in [0, 0.1) is 10.5 Å². The Kier molecular flexibility index (Phi) is 8.63. The van der Waals surface area contributed by atoms with E-state index in [0.29, 0.717) is 30.3 Å². The molecule has 1 aliphatic rings. The number of hydrogen-bond donors (Lipinski definition) is 1. The number of benzene rings is 3. The van der Waals surface area contributed by atoms with Gasteiger partial charge in [0.15, 0.2) is 11.5 Å². The quantitative estimate of drug-likeness (QED) is 0.193. The molecular weight excluding hydrogens is 553 g/mol. The molecule has 1 heterocycles. The van der Waals surface area contributed by atoms with Crippen molar-refractivity contribution in [2.75, 3.05) is 24.6 Å². The van der Waals surface area contributed by atoms with Crippen molar-refractivity contribution in [2.45, 2.75) is 33.3 Å². The lowest BCUT2D eigenvalue weighted by molar-refractivity contribution is 0.0955. The average Bonchev–Trinajstić information content (AvgIpc) is 3.39. The molecule has 182 valence electrons. The Morgan fingerprint density at radius 1 is 1.09 bits per heavy atom. The Labute approximate surface area is 220 Å². The van der Waals surface area contributed by atoms with Gasteiger partial charge in [0.05, 0.1) is 16.4 Å². The highest BCUT2D eigenvalue weighted by Crippen LogP contribution is 2.34. The number of nitrogens with one attached hydrogen (secondary N) is 1. The Morgan fingerprint density at radius 3 is 2.57 bits per heavy atom. The summed E-state index contributed by atoms with van der Waals surface area (Å²) in [5.74, 6) is 1.11. The Bertz CT molecular complexity index is 1190. The van der Waals surface area contributed by atoms with Crippen molar-refractivity contribution in [1.29, 1.82) is 0 Å². The standard InChI is InChI=1S/C28H30IN3O3/c1-3-34-26-17-22(16-25(29)27(26)35-19-21-8-6-7-20(2)15-21)18-30-31-28(33)23-9-11-24(12-10-23)32-13-4-5-14-32/h6-12,15-18H,3-5,13-14,19H2,1-2H3,(H,31,33)/b30-18-. The van der Waals surface area contributed by atoms with Gasteiger partial charge in [-0.15, -0.1) is 0 Å². The summed E-state index contributed by atoms with van der Waals surface area (Å²) < 4.78 is 12.9. The summed E-state index contributed by atoms with van der Waals surface area (Å²) in [5.41, 5.74) is 7.46. The smallest absolute Gasteiger partial charge is 0.271 e. The van der Waals surface area contributed by atoms with Crippen LogP contribution in [0.25, 0.3) is 0 Å². The van der Waals surface area contributed by atoms with Crippen LogP contribution in [-0.4, -0.2) is 31.8 Å². The molecule has 3 aromatic carbocycles. The maximum Gasteiger partial charge on any atom is 0.271 e. The van der Waals surface area contributed by atoms with Crippen molar-refractivity contribution in [3.8, 4) is 11.5 Å². The molecule has 1 amide bonds. The average molecular weight is 583 g/mol. The number of hydrazone groups is 1. The van der Waals surface area contributed by atoms with Gasteiger partial charge in [0.2, 0.25) is 0 Å². The molecule has 0 aliphatic carbocycles. The fourth-order valence-corrected chi connectivity index (χ4v) is 4.83. The fraction of sp³-hybridized carbons (Fsp3) is 0.286. The van der Waals surface area contributed by atoms with Gasteiger partial charge in [0, 0.05) is 24.3 Å². The Morgan fingerprint density at radius 2 is 1.86 bits per heavy atom. The van der Waals surface area contributed by atoms with Gasteiger partial charge in [-0.3, -0.25) is 4.79 Å². The van der Waals surface area contributed by atoms with E-state index in [1.165, 1.54) is 18.4 Å². The van der Waals surface area contributed by atoms with E-state index in [2.05, 4.69) is 57.1 Å². The molecule has 0 unspecified atom stereocenters. The highest BCUT2D eigenvalue weighted by atomic mass is 127. The van der Waals surface area contributed by atoms with E-state index in [1.807, 2.05) is 55.5 Å². The molecule has 0 atom stereocenters. The second kappa shape index (κ2) is 12.1. The molecule has 35 heavy (non-hydrogen) atoms. The zero-order valence-corrected chi connectivity index (χ0v) is 22.2. The van der Waals surface area contributed by atoms with Crippen LogP contribution in [0.4, 0.5) is 5.69 Å². The van der Waals surface area contributed by atoms with E-state index in [-0.39, 0.29) is 5.91 Å². The van der Waals surface area contributed by atoms with Crippen LogP contribution in [0.5, 0.6) is 11.5 Å². The lowest BCUT2D eigenvalue weighted by Gasteiger charge is -2.17. The normalized spacial score (nSPS) is 13.3. The van der Waals surface area contributed by atoms with Crippen LogP contribution in [-0.2, 0) is 6.61 Å². The highest BCUT2D eigenvalue weighted by molar-refractivity contribution is 14.1. The lowest BCUT2D eigenvalue weighted by atomic mass is 10.1. The maximum atomic E-state index is 12.5.